The summed E-state index contributed by atoms with van der Waals surface area (Å²) < 4.78 is 29.3. The van der Waals surface area contributed by atoms with Crippen molar-refractivity contribution in [1.29, 1.82) is 0 Å². The molecule has 2 aromatic rings. The zero-order valence-electron chi connectivity index (χ0n) is 13.8. The topological polar surface area (TPSA) is 57.1 Å². The predicted octanol–water partition coefficient (Wildman–Crippen LogP) is 3.38. The van der Waals surface area contributed by atoms with Crippen LogP contribution in [0.3, 0.4) is 0 Å². The van der Waals surface area contributed by atoms with E-state index < -0.39 is 11.8 Å². The summed E-state index contributed by atoms with van der Waals surface area (Å²) in [7, 11) is 3.10. The van der Waals surface area contributed by atoms with Gasteiger partial charge in [0.25, 0.3) is 0 Å². The van der Waals surface area contributed by atoms with E-state index >= 15 is 0 Å². The van der Waals surface area contributed by atoms with Crippen molar-refractivity contribution >= 4 is 17.9 Å². The zero-order chi connectivity index (χ0) is 17.8. The average molecular weight is 341 g/mol. The summed E-state index contributed by atoms with van der Waals surface area (Å²) in [6.45, 7) is 0. The number of hydrogen-bond acceptors (Lipinski definition) is 5. The molecule has 3 rings (SSSR count). The molecular weight excluding hydrogens is 325 g/mol. The lowest BCUT2D eigenvalue weighted by Crippen LogP contribution is -2.07. The van der Waals surface area contributed by atoms with Gasteiger partial charge in [0, 0.05) is 12.0 Å². The quantitative estimate of drug-likeness (QED) is 0.618. The van der Waals surface area contributed by atoms with Gasteiger partial charge in [0.1, 0.15) is 5.82 Å². The minimum atomic E-state index is -0.598. The molecule has 0 atom stereocenters. The van der Waals surface area contributed by atoms with E-state index in [0.29, 0.717) is 17.9 Å². The van der Waals surface area contributed by atoms with Crippen molar-refractivity contribution in [3.8, 4) is 11.5 Å². The highest BCUT2D eigenvalue weighted by atomic mass is 19.1. The van der Waals surface area contributed by atoms with E-state index in [1.54, 1.807) is 44.6 Å². The molecule has 0 fully saturated rings. The molecule has 0 aliphatic carbocycles. The van der Waals surface area contributed by atoms with Gasteiger partial charge in [-0.15, -0.1) is 0 Å². The number of halogens is 1. The van der Waals surface area contributed by atoms with Gasteiger partial charge in [0.2, 0.25) is 5.90 Å². The molecule has 128 valence electrons. The fourth-order valence-corrected chi connectivity index (χ4v) is 2.43. The van der Waals surface area contributed by atoms with E-state index in [9.17, 15) is 9.18 Å². The zero-order valence-corrected chi connectivity index (χ0v) is 13.8. The number of hydrogen-bond donors (Lipinski definition) is 0. The van der Waals surface area contributed by atoms with Gasteiger partial charge in [-0.3, -0.25) is 0 Å². The summed E-state index contributed by atoms with van der Waals surface area (Å²) in [4.78, 5) is 16.1. The first-order chi connectivity index (χ1) is 12.1. The van der Waals surface area contributed by atoms with Gasteiger partial charge in [0.05, 0.1) is 14.2 Å². The lowest BCUT2D eigenvalue weighted by Gasteiger charge is -2.09. The molecule has 0 unspecified atom stereocenters. The van der Waals surface area contributed by atoms with Gasteiger partial charge in [-0.1, -0.05) is 24.3 Å². The van der Waals surface area contributed by atoms with Crippen molar-refractivity contribution in [1.82, 2.24) is 0 Å². The van der Waals surface area contributed by atoms with Gasteiger partial charge in [-0.25, -0.2) is 14.2 Å². The molecule has 0 saturated carbocycles. The Morgan fingerprint density at radius 2 is 1.88 bits per heavy atom. The van der Waals surface area contributed by atoms with Gasteiger partial charge in [-0.2, -0.15) is 0 Å². The largest absolute Gasteiger partial charge is 0.493 e. The highest BCUT2D eigenvalue weighted by Crippen LogP contribution is 2.28. The van der Waals surface area contributed by atoms with Crippen LogP contribution >= 0.6 is 0 Å². The Bertz CT molecular complexity index is 873. The third-order valence-electron chi connectivity index (χ3n) is 3.67. The summed E-state index contributed by atoms with van der Waals surface area (Å²) in [5.41, 5.74) is 1.20. The number of ether oxygens (including phenoxy) is 3. The normalized spacial score (nSPS) is 15.1. The average Bonchev–Trinajstić information content (AvgIpc) is 2.96. The van der Waals surface area contributed by atoms with Crippen LogP contribution in [0.1, 0.15) is 11.1 Å². The fourth-order valence-electron chi connectivity index (χ4n) is 2.43. The number of rotatable bonds is 5. The monoisotopic (exact) mass is 341 g/mol. The van der Waals surface area contributed by atoms with Crippen molar-refractivity contribution in [3.63, 3.8) is 0 Å². The van der Waals surface area contributed by atoms with Crippen LogP contribution in [-0.2, 0) is 16.0 Å². The van der Waals surface area contributed by atoms with Crippen LogP contribution in [-0.4, -0.2) is 26.1 Å². The Morgan fingerprint density at radius 3 is 2.60 bits per heavy atom. The number of nitrogens with zero attached hydrogens (tertiary/aromatic N) is 1. The predicted molar refractivity (Wildman–Crippen MR) is 91.2 cm³/mol. The van der Waals surface area contributed by atoms with E-state index in [1.807, 2.05) is 6.07 Å². The van der Waals surface area contributed by atoms with Crippen molar-refractivity contribution in [3.05, 3.63) is 65.1 Å². The van der Waals surface area contributed by atoms with E-state index in [0.717, 1.165) is 5.56 Å². The summed E-state index contributed by atoms with van der Waals surface area (Å²) in [5, 5.41) is 0. The maximum absolute atomic E-state index is 13.7. The maximum atomic E-state index is 13.7. The molecule has 0 spiro atoms. The standard InChI is InChI=1S/C19H16FNO4/c1-23-16-8-7-12(9-17(16)24-2)10-18-21-15(19(22)25-18)11-13-5-3-4-6-14(13)20/h3-9,11H,10H2,1-2H3/b15-11-. The summed E-state index contributed by atoms with van der Waals surface area (Å²) in [5.74, 6) is 0.411. The molecule has 0 N–H and O–H groups in total. The third-order valence-corrected chi connectivity index (χ3v) is 3.67. The first-order valence-corrected chi connectivity index (χ1v) is 7.57. The Kier molecular flexibility index (Phi) is 4.79. The molecule has 1 heterocycles. The molecule has 5 nitrogen and oxygen atoms in total. The fraction of sp³-hybridized carbons (Fsp3) is 0.158. The molecule has 0 amide bonds. The van der Waals surface area contributed by atoms with Crippen LogP contribution in [0.2, 0.25) is 0 Å². The Hall–Kier alpha value is -3.15. The van der Waals surface area contributed by atoms with Crippen molar-refractivity contribution in [2.75, 3.05) is 14.2 Å². The first-order valence-electron chi connectivity index (χ1n) is 7.57. The van der Waals surface area contributed by atoms with E-state index in [1.165, 1.54) is 12.1 Å². The van der Waals surface area contributed by atoms with Crippen molar-refractivity contribution in [2.24, 2.45) is 4.99 Å². The van der Waals surface area contributed by atoms with Gasteiger partial charge >= 0.3 is 5.97 Å². The number of methoxy groups -OCH3 is 2. The number of aliphatic imine (C=N–C) groups is 1. The van der Waals surface area contributed by atoms with Crippen molar-refractivity contribution in [2.45, 2.75) is 6.42 Å². The van der Waals surface area contributed by atoms with Crippen LogP contribution in [0.15, 0.2) is 53.2 Å². The summed E-state index contributed by atoms with van der Waals surface area (Å²) >= 11 is 0. The number of carbonyl (C=O) groups excluding carboxylic acids is 1. The number of carbonyl (C=O) groups is 1. The van der Waals surface area contributed by atoms with Crippen LogP contribution < -0.4 is 9.47 Å². The van der Waals surface area contributed by atoms with E-state index in [4.69, 9.17) is 14.2 Å². The second-order valence-corrected chi connectivity index (χ2v) is 5.31. The van der Waals surface area contributed by atoms with E-state index in [2.05, 4.69) is 4.99 Å². The molecule has 0 bridgehead atoms. The Balaban J connectivity index is 1.83. The van der Waals surface area contributed by atoms with Crippen LogP contribution in [0.5, 0.6) is 11.5 Å². The van der Waals surface area contributed by atoms with E-state index in [-0.39, 0.29) is 17.2 Å². The summed E-state index contributed by atoms with van der Waals surface area (Å²) in [6.07, 6.45) is 1.68. The van der Waals surface area contributed by atoms with Crippen molar-refractivity contribution < 1.29 is 23.4 Å². The second-order valence-electron chi connectivity index (χ2n) is 5.31. The minimum absolute atomic E-state index is 0.0700. The first kappa shape index (κ1) is 16.7. The highest BCUT2D eigenvalue weighted by Gasteiger charge is 2.23. The molecule has 1 aliphatic rings. The van der Waals surface area contributed by atoms with Gasteiger partial charge in [0.15, 0.2) is 17.2 Å². The molecule has 2 aromatic carbocycles. The molecular formula is C19H16FNO4. The summed E-state index contributed by atoms with van der Waals surface area (Å²) in [6, 6.07) is 11.5. The lowest BCUT2D eigenvalue weighted by atomic mass is 10.1. The molecule has 25 heavy (non-hydrogen) atoms. The van der Waals surface area contributed by atoms with Crippen LogP contribution in [0.4, 0.5) is 4.39 Å². The Morgan fingerprint density at radius 1 is 1.12 bits per heavy atom. The number of benzene rings is 2. The highest BCUT2D eigenvalue weighted by molar-refractivity contribution is 6.07. The molecule has 0 aromatic heterocycles. The molecule has 0 saturated heterocycles. The van der Waals surface area contributed by atoms with Crippen LogP contribution in [0.25, 0.3) is 6.08 Å². The van der Waals surface area contributed by atoms with Gasteiger partial charge in [-0.05, 0) is 29.8 Å². The Labute approximate surface area is 144 Å². The molecule has 1 aliphatic heterocycles. The molecule has 0 radical (unpaired) electrons. The third kappa shape index (κ3) is 3.68. The minimum Gasteiger partial charge on any atom is -0.493 e. The number of esters is 1. The molecule has 6 heteroatoms. The maximum Gasteiger partial charge on any atom is 0.363 e. The smallest absolute Gasteiger partial charge is 0.363 e. The SMILES string of the molecule is COc1ccc(CC2=N/C(=C\c3ccccc3F)C(=O)O2)cc1OC. The van der Waals surface area contributed by atoms with Crippen LogP contribution in [0, 0.1) is 5.82 Å². The second kappa shape index (κ2) is 7.17. The number of cyclic esters (lactones) is 1. The lowest BCUT2D eigenvalue weighted by molar-refractivity contribution is -0.130. The van der Waals surface area contributed by atoms with Gasteiger partial charge < -0.3 is 14.2 Å².